The molecule has 0 aliphatic carbocycles. The summed E-state index contributed by atoms with van der Waals surface area (Å²) in [6, 6.07) is 5.78. The molecule has 0 aliphatic heterocycles. The van der Waals surface area contributed by atoms with Crippen molar-refractivity contribution in [2.24, 2.45) is 5.73 Å². The molecule has 0 aliphatic rings. The van der Waals surface area contributed by atoms with Crippen molar-refractivity contribution in [1.82, 2.24) is 0 Å². The minimum Gasteiger partial charge on any atom is -0.493 e. The summed E-state index contributed by atoms with van der Waals surface area (Å²) in [5.74, 6) is 0.462. The van der Waals surface area contributed by atoms with Crippen LogP contribution >= 0.6 is 0 Å². The molecule has 0 saturated carbocycles. The minimum absolute atomic E-state index is 0.0938. The third-order valence-electron chi connectivity index (χ3n) is 2.45. The van der Waals surface area contributed by atoms with Gasteiger partial charge in [-0.05, 0) is 25.5 Å². The molecule has 0 bridgehead atoms. The topological polar surface area (TPSA) is 61.5 Å². The number of rotatable bonds is 5. The molecule has 0 fully saturated rings. The SMILES string of the molecule is COC(=O)CCOc1cc(C)ccc1[C@@H](C)N. The number of hydrogen-bond donors (Lipinski definition) is 1. The number of methoxy groups -OCH3 is 1. The Morgan fingerprint density at radius 3 is 2.76 bits per heavy atom. The number of esters is 1. The van der Waals surface area contributed by atoms with Gasteiger partial charge in [-0.3, -0.25) is 4.79 Å². The third-order valence-corrected chi connectivity index (χ3v) is 2.45. The van der Waals surface area contributed by atoms with Gasteiger partial charge in [0, 0.05) is 11.6 Å². The van der Waals surface area contributed by atoms with Crippen LogP contribution in [-0.2, 0) is 9.53 Å². The Morgan fingerprint density at radius 2 is 2.18 bits per heavy atom. The summed E-state index contributed by atoms with van der Waals surface area (Å²) in [6.45, 7) is 4.19. The van der Waals surface area contributed by atoms with E-state index in [1.165, 1.54) is 7.11 Å². The molecule has 94 valence electrons. The number of carbonyl (C=O) groups is 1. The average Bonchev–Trinajstić information content (AvgIpc) is 2.28. The van der Waals surface area contributed by atoms with Crippen molar-refractivity contribution in [3.8, 4) is 5.75 Å². The van der Waals surface area contributed by atoms with Crippen LogP contribution in [0.3, 0.4) is 0 Å². The number of nitrogens with two attached hydrogens (primary N) is 1. The van der Waals surface area contributed by atoms with E-state index < -0.39 is 0 Å². The van der Waals surface area contributed by atoms with Crippen LogP contribution in [-0.4, -0.2) is 19.7 Å². The van der Waals surface area contributed by atoms with Crippen LogP contribution < -0.4 is 10.5 Å². The fraction of sp³-hybridized carbons (Fsp3) is 0.462. The van der Waals surface area contributed by atoms with Gasteiger partial charge in [0.25, 0.3) is 0 Å². The van der Waals surface area contributed by atoms with E-state index in [2.05, 4.69) is 4.74 Å². The molecule has 1 aromatic carbocycles. The molecule has 4 nitrogen and oxygen atoms in total. The summed E-state index contributed by atoms with van der Waals surface area (Å²) < 4.78 is 10.1. The van der Waals surface area contributed by atoms with Crippen LogP contribution in [0.25, 0.3) is 0 Å². The van der Waals surface area contributed by atoms with E-state index in [1.54, 1.807) is 0 Å². The molecule has 1 atom stereocenters. The van der Waals surface area contributed by atoms with Gasteiger partial charge in [-0.2, -0.15) is 0 Å². The van der Waals surface area contributed by atoms with Crippen LogP contribution in [0.5, 0.6) is 5.75 Å². The molecule has 0 heterocycles. The Hall–Kier alpha value is -1.55. The van der Waals surface area contributed by atoms with Crippen molar-refractivity contribution >= 4 is 5.97 Å². The second-order valence-electron chi connectivity index (χ2n) is 4.00. The number of aryl methyl sites for hydroxylation is 1. The quantitative estimate of drug-likeness (QED) is 0.795. The number of benzene rings is 1. The van der Waals surface area contributed by atoms with E-state index in [4.69, 9.17) is 10.5 Å². The molecule has 1 rings (SSSR count). The zero-order valence-electron chi connectivity index (χ0n) is 10.5. The first-order chi connectivity index (χ1) is 8.04. The van der Waals surface area contributed by atoms with Crippen LogP contribution in [0.15, 0.2) is 18.2 Å². The lowest BCUT2D eigenvalue weighted by atomic mass is 10.1. The highest BCUT2D eigenvalue weighted by molar-refractivity contribution is 5.69. The van der Waals surface area contributed by atoms with Crippen LogP contribution in [0, 0.1) is 6.92 Å². The fourth-order valence-electron chi connectivity index (χ4n) is 1.49. The van der Waals surface area contributed by atoms with Crippen molar-refractivity contribution in [3.63, 3.8) is 0 Å². The maximum absolute atomic E-state index is 11.0. The van der Waals surface area contributed by atoms with Gasteiger partial charge in [-0.15, -0.1) is 0 Å². The minimum atomic E-state index is -0.278. The van der Waals surface area contributed by atoms with Gasteiger partial charge in [0.05, 0.1) is 20.1 Å². The molecule has 1 aromatic rings. The summed E-state index contributed by atoms with van der Waals surface area (Å²) in [5.41, 5.74) is 7.90. The molecule has 0 aromatic heterocycles. The molecule has 0 unspecified atom stereocenters. The van der Waals surface area contributed by atoms with Gasteiger partial charge in [0.2, 0.25) is 0 Å². The zero-order chi connectivity index (χ0) is 12.8. The zero-order valence-corrected chi connectivity index (χ0v) is 10.5. The van der Waals surface area contributed by atoms with Gasteiger partial charge in [0.15, 0.2) is 0 Å². The summed E-state index contributed by atoms with van der Waals surface area (Å²) >= 11 is 0. The van der Waals surface area contributed by atoms with E-state index in [1.807, 2.05) is 32.0 Å². The molecule has 4 heteroatoms. The lowest BCUT2D eigenvalue weighted by molar-refractivity contribution is -0.141. The first kappa shape index (κ1) is 13.5. The van der Waals surface area contributed by atoms with Gasteiger partial charge < -0.3 is 15.2 Å². The monoisotopic (exact) mass is 237 g/mol. The third kappa shape index (κ3) is 4.07. The lowest BCUT2D eigenvalue weighted by Gasteiger charge is -2.14. The van der Waals surface area contributed by atoms with E-state index in [0.717, 1.165) is 16.9 Å². The van der Waals surface area contributed by atoms with Crippen LogP contribution in [0.4, 0.5) is 0 Å². The highest BCUT2D eigenvalue weighted by atomic mass is 16.5. The van der Waals surface area contributed by atoms with Crippen molar-refractivity contribution < 1.29 is 14.3 Å². The maximum atomic E-state index is 11.0. The summed E-state index contributed by atoms with van der Waals surface area (Å²) in [7, 11) is 1.36. The first-order valence-corrected chi connectivity index (χ1v) is 5.60. The van der Waals surface area contributed by atoms with Crippen LogP contribution in [0.1, 0.15) is 30.5 Å². The smallest absolute Gasteiger partial charge is 0.308 e. The fourth-order valence-corrected chi connectivity index (χ4v) is 1.49. The molecule has 0 saturated heterocycles. The number of ether oxygens (including phenoxy) is 2. The summed E-state index contributed by atoms with van der Waals surface area (Å²) in [6.07, 6.45) is 0.239. The molecule has 2 N–H and O–H groups in total. The summed E-state index contributed by atoms with van der Waals surface area (Å²) in [4.78, 5) is 11.0. The van der Waals surface area contributed by atoms with E-state index in [0.29, 0.717) is 6.61 Å². The van der Waals surface area contributed by atoms with E-state index in [9.17, 15) is 4.79 Å². The Balaban J connectivity index is 2.68. The second-order valence-corrected chi connectivity index (χ2v) is 4.00. The second kappa shape index (κ2) is 6.25. The molecule has 0 radical (unpaired) electrons. The van der Waals surface area contributed by atoms with E-state index >= 15 is 0 Å². The largest absolute Gasteiger partial charge is 0.493 e. The van der Waals surface area contributed by atoms with Crippen molar-refractivity contribution in [1.29, 1.82) is 0 Å². The molecule has 0 amide bonds. The van der Waals surface area contributed by atoms with Crippen molar-refractivity contribution in [3.05, 3.63) is 29.3 Å². The predicted octanol–water partition coefficient (Wildman–Crippen LogP) is 1.96. The maximum Gasteiger partial charge on any atom is 0.308 e. The number of hydrogen-bond acceptors (Lipinski definition) is 4. The number of carbonyl (C=O) groups excluding carboxylic acids is 1. The van der Waals surface area contributed by atoms with Gasteiger partial charge >= 0.3 is 5.97 Å². The van der Waals surface area contributed by atoms with Crippen molar-refractivity contribution in [2.75, 3.05) is 13.7 Å². The standard InChI is InChI=1S/C13H19NO3/c1-9-4-5-11(10(2)14)12(8-9)17-7-6-13(15)16-3/h4-5,8,10H,6-7,14H2,1-3H3/t10-/m1/s1. The van der Waals surface area contributed by atoms with Crippen molar-refractivity contribution in [2.45, 2.75) is 26.3 Å². The van der Waals surface area contributed by atoms with Crippen LogP contribution in [0.2, 0.25) is 0 Å². The highest BCUT2D eigenvalue weighted by Crippen LogP contribution is 2.25. The Bertz CT molecular complexity index is 388. The Kier molecular flexibility index (Phi) is 4.97. The first-order valence-electron chi connectivity index (χ1n) is 5.60. The normalized spacial score (nSPS) is 12.0. The van der Waals surface area contributed by atoms with Gasteiger partial charge in [0.1, 0.15) is 5.75 Å². The molecular formula is C13H19NO3. The molecule has 0 spiro atoms. The van der Waals surface area contributed by atoms with E-state index in [-0.39, 0.29) is 18.4 Å². The van der Waals surface area contributed by atoms with Gasteiger partial charge in [-0.1, -0.05) is 12.1 Å². The van der Waals surface area contributed by atoms with Gasteiger partial charge in [-0.25, -0.2) is 0 Å². The predicted molar refractivity (Wildman–Crippen MR) is 65.9 cm³/mol. The summed E-state index contributed by atoms with van der Waals surface area (Å²) in [5, 5.41) is 0. The lowest BCUT2D eigenvalue weighted by Crippen LogP contribution is -2.11. The Morgan fingerprint density at radius 1 is 1.47 bits per heavy atom. The molecule has 17 heavy (non-hydrogen) atoms. The Labute approximate surface area is 102 Å². The molecular weight excluding hydrogens is 218 g/mol. The average molecular weight is 237 g/mol. The highest BCUT2D eigenvalue weighted by Gasteiger charge is 2.09.